The zero-order chi connectivity index (χ0) is 19.5. The van der Waals surface area contributed by atoms with E-state index in [0.717, 1.165) is 0 Å². The fraction of sp³-hybridized carbons (Fsp3) is 0.100. The van der Waals surface area contributed by atoms with Gasteiger partial charge in [-0.2, -0.15) is 0 Å². The average molecular weight is 392 g/mol. The number of rotatable bonds is 6. The molecule has 0 aliphatic rings. The number of amides is 1. The summed E-state index contributed by atoms with van der Waals surface area (Å²) in [5, 5.41) is 17.6. The summed E-state index contributed by atoms with van der Waals surface area (Å²) in [4.78, 5) is 27.3. The fourth-order valence-electron chi connectivity index (χ4n) is 3.07. The standard InChI is InChI=1S/C20H16N4O3S/c25-20(22-8-7-15-12-28-19-4-2-1-3-16(15)19)14-5-6-17(18(11-14)24(26)27)23-10-9-21-13-23/h1-6,9-13H,7-8H2,(H,22,25). The number of nitrogens with one attached hydrogen (secondary N) is 1. The lowest BCUT2D eigenvalue weighted by Gasteiger charge is -2.08. The van der Waals surface area contributed by atoms with Crippen LogP contribution in [0.5, 0.6) is 0 Å². The van der Waals surface area contributed by atoms with Crippen LogP contribution in [0.4, 0.5) is 5.69 Å². The zero-order valence-electron chi connectivity index (χ0n) is 14.7. The van der Waals surface area contributed by atoms with Gasteiger partial charge in [-0.15, -0.1) is 11.3 Å². The van der Waals surface area contributed by atoms with Crippen LogP contribution in [0.2, 0.25) is 0 Å². The number of carbonyl (C=O) groups excluding carboxylic acids is 1. The smallest absolute Gasteiger partial charge is 0.294 e. The first kappa shape index (κ1) is 17.9. The van der Waals surface area contributed by atoms with Crippen LogP contribution in [-0.2, 0) is 6.42 Å². The van der Waals surface area contributed by atoms with Gasteiger partial charge in [-0.3, -0.25) is 14.9 Å². The Hall–Kier alpha value is -3.52. The molecule has 1 amide bonds. The lowest BCUT2D eigenvalue weighted by Crippen LogP contribution is -2.25. The first-order valence-corrected chi connectivity index (χ1v) is 9.51. The third-order valence-electron chi connectivity index (χ3n) is 4.46. The molecule has 28 heavy (non-hydrogen) atoms. The van der Waals surface area contributed by atoms with Gasteiger partial charge in [0.1, 0.15) is 5.69 Å². The summed E-state index contributed by atoms with van der Waals surface area (Å²) in [6.07, 6.45) is 5.34. The van der Waals surface area contributed by atoms with Crippen molar-refractivity contribution in [2.24, 2.45) is 0 Å². The van der Waals surface area contributed by atoms with Crippen molar-refractivity contribution in [3.8, 4) is 5.69 Å². The maximum Gasteiger partial charge on any atom is 0.294 e. The van der Waals surface area contributed by atoms with Crippen LogP contribution in [-0.4, -0.2) is 26.9 Å². The zero-order valence-corrected chi connectivity index (χ0v) is 15.6. The number of hydrogen-bond acceptors (Lipinski definition) is 5. The van der Waals surface area contributed by atoms with Gasteiger partial charge < -0.3 is 9.88 Å². The van der Waals surface area contributed by atoms with E-state index in [4.69, 9.17) is 0 Å². The number of nitro groups is 1. The number of fused-ring (bicyclic) bond motifs is 1. The second kappa shape index (κ2) is 7.61. The molecule has 2 aromatic carbocycles. The summed E-state index contributed by atoms with van der Waals surface area (Å²) >= 11 is 1.68. The molecule has 0 spiro atoms. The summed E-state index contributed by atoms with van der Waals surface area (Å²) in [6.45, 7) is 0.455. The van der Waals surface area contributed by atoms with Crippen molar-refractivity contribution >= 4 is 33.0 Å². The van der Waals surface area contributed by atoms with Crippen LogP contribution < -0.4 is 5.32 Å². The lowest BCUT2D eigenvalue weighted by molar-refractivity contribution is -0.384. The number of carbonyl (C=O) groups is 1. The molecule has 2 aromatic heterocycles. The molecule has 8 heteroatoms. The molecule has 0 saturated heterocycles. The minimum atomic E-state index is -0.496. The van der Waals surface area contributed by atoms with E-state index in [1.807, 2.05) is 12.1 Å². The van der Waals surface area contributed by atoms with Crippen molar-refractivity contribution < 1.29 is 9.72 Å². The first-order chi connectivity index (χ1) is 13.6. The predicted molar refractivity (Wildman–Crippen MR) is 108 cm³/mol. The Morgan fingerprint density at radius 2 is 2.11 bits per heavy atom. The molecule has 0 unspecified atom stereocenters. The van der Waals surface area contributed by atoms with Gasteiger partial charge in [-0.25, -0.2) is 4.98 Å². The topological polar surface area (TPSA) is 90.1 Å². The van der Waals surface area contributed by atoms with Crippen LogP contribution >= 0.6 is 11.3 Å². The van der Waals surface area contributed by atoms with Gasteiger partial charge in [-0.1, -0.05) is 18.2 Å². The number of nitrogens with zero attached hydrogens (tertiary/aromatic N) is 3. The van der Waals surface area contributed by atoms with Gasteiger partial charge >= 0.3 is 0 Å². The Morgan fingerprint density at radius 1 is 1.25 bits per heavy atom. The van der Waals surface area contributed by atoms with E-state index in [2.05, 4.69) is 27.8 Å². The van der Waals surface area contributed by atoms with E-state index in [9.17, 15) is 14.9 Å². The summed E-state index contributed by atoms with van der Waals surface area (Å²) in [6, 6.07) is 12.6. The van der Waals surface area contributed by atoms with Crippen molar-refractivity contribution in [2.75, 3.05) is 6.54 Å². The molecule has 2 heterocycles. The Labute approximate surface area is 164 Å². The summed E-state index contributed by atoms with van der Waals surface area (Å²) in [5.74, 6) is -0.334. The normalized spacial score (nSPS) is 10.9. The van der Waals surface area contributed by atoms with Crippen molar-refractivity contribution in [2.45, 2.75) is 6.42 Å². The lowest BCUT2D eigenvalue weighted by atomic mass is 10.1. The minimum Gasteiger partial charge on any atom is -0.352 e. The molecule has 0 atom stereocenters. The monoisotopic (exact) mass is 392 g/mol. The average Bonchev–Trinajstić information content (AvgIpc) is 3.38. The van der Waals surface area contributed by atoms with Gasteiger partial charge in [0.05, 0.1) is 11.3 Å². The van der Waals surface area contributed by atoms with E-state index < -0.39 is 4.92 Å². The molecule has 140 valence electrons. The molecule has 0 fully saturated rings. The highest BCUT2D eigenvalue weighted by Crippen LogP contribution is 2.26. The van der Waals surface area contributed by atoms with Crippen LogP contribution in [0.1, 0.15) is 15.9 Å². The van der Waals surface area contributed by atoms with Crippen LogP contribution in [0, 0.1) is 10.1 Å². The third-order valence-corrected chi connectivity index (χ3v) is 5.47. The van der Waals surface area contributed by atoms with Gasteiger partial charge in [-0.05, 0) is 40.9 Å². The van der Waals surface area contributed by atoms with Crippen LogP contribution in [0.15, 0.2) is 66.6 Å². The number of aromatic nitrogens is 2. The maximum atomic E-state index is 12.5. The van der Waals surface area contributed by atoms with Crippen LogP contribution in [0.25, 0.3) is 15.8 Å². The van der Waals surface area contributed by atoms with Gasteiger partial charge in [0, 0.05) is 35.3 Å². The van der Waals surface area contributed by atoms with Crippen molar-refractivity contribution in [3.63, 3.8) is 0 Å². The van der Waals surface area contributed by atoms with E-state index >= 15 is 0 Å². The number of benzene rings is 2. The SMILES string of the molecule is O=C(NCCc1csc2ccccc12)c1ccc(-n2ccnc2)c([N+](=O)[O-])c1. The molecule has 0 radical (unpaired) electrons. The number of thiophene rings is 1. The molecule has 4 rings (SSSR count). The molecule has 0 saturated carbocycles. The molecule has 4 aromatic rings. The Kier molecular flexibility index (Phi) is 4.86. The van der Waals surface area contributed by atoms with Crippen molar-refractivity contribution in [3.05, 3.63) is 87.8 Å². The van der Waals surface area contributed by atoms with Crippen LogP contribution in [0.3, 0.4) is 0 Å². The molecule has 0 bridgehead atoms. The van der Waals surface area contributed by atoms with E-state index in [0.29, 0.717) is 18.7 Å². The Bertz CT molecular complexity index is 1150. The summed E-state index contributed by atoms with van der Waals surface area (Å²) in [7, 11) is 0. The Balaban J connectivity index is 1.47. The molecular formula is C20H16N4O3S. The molecule has 1 N–H and O–H groups in total. The second-order valence-electron chi connectivity index (χ2n) is 6.19. The predicted octanol–water partition coefficient (Wildman–Crippen LogP) is 3.97. The second-order valence-corrected chi connectivity index (χ2v) is 7.10. The maximum absolute atomic E-state index is 12.5. The highest BCUT2D eigenvalue weighted by Gasteiger charge is 2.18. The number of imidazole rings is 1. The highest BCUT2D eigenvalue weighted by molar-refractivity contribution is 7.17. The highest BCUT2D eigenvalue weighted by atomic mass is 32.1. The van der Waals surface area contributed by atoms with Crippen molar-refractivity contribution in [1.82, 2.24) is 14.9 Å². The summed E-state index contributed by atoms with van der Waals surface area (Å²) in [5.41, 5.74) is 1.66. The first-order valence-electron chi connectivity index (χ1n) is 8.63. The molecular weight excluding hydrogens is 376 g/mol. The Morgan fingerprint density at radius 3 is 2.89 bits per heavy atom. The number of hydrogen-bond donors (Lipinski definition) is 1. The number of nitro benzene ring substituents is 1. The van der Waals surface area contributed by atoms with Gasteiger partial charge in [0.25, 0.3) is 11.6 Å². The van der Waals surface area contributed by atoms with Gasteiger partial charge in [0.15, 0.2) is 0 Å². The summed E-state index contributed by atoms with van der Waals surface area (Å²) < 4.78 is 2.76. The molecule has 7 nitrogen and oxygen atoms in total. The third kappa shape index (κ3) is 3.49. The quantitative estimate of drug-likeness (QED) is 0.397. The molecule has 0 aliphatic heterocycles. The van der Waals surface area contributed by atoms with E-state index in [1.54, 1.807) is 40.4 Å². The fourth-order valence-corrected chi connectivity index (χ4v) is 4.07. The van der Waals surface area contributed by atoms with E-state index in [1.165, 1.54) is 28.0 Å². The van der Waals surface area contributed by atoms with E-state index in [-0.39, 0.29) is 17.2 Å². The minimum absolute atomic E-state index is 0.144. The largest absolute Gasteiger partial charge is 0.352 e. The molecule has 0 aliphatic carbocycles. The van der Waals surface area contributed by atoms with Gasteiger partial charge in [0.2, 0.25) is 0 Å². The van der Waals surface area contributed by atoms with Crippen molar-refractivity contribution in [1.29, 1.82) is 0 Å².